The van der Waals surface area contributed by atoms with Gasteiger partial charge in [0.2, 0.25) is 5.91 Å². The minimum Gasteiger partial charge on any atom is -0.492 e. The number of likely N-dealkylation sites (tertiary alicyclic amines) is 1. The Morgan fingerprint density at radius 3 is 2.69 bits per heavy atom. The molecule has 1 atom stereocenters. The first-order valence-corrected chi connectivity index (χ1v) is 10.6. The third-order valence-electron chi connectivity index (χ3n) is 5.65. The second kappa shape index (κ2) is 8.68. The van der Waals surface area contributed by atoms with Crippen LogP contribution in [0.2, 0.25) is 0 Å². The summed E-state index contributed by atoms with van der Waals surface area (Å²) in [6, 6.07) is 16.3. The van der Waals surface area contributed by atoms with E-state index < -0.39 is 0 Å². The largest absolute Gasteiger partial charge is 0.492 e. The topological polar surface area (TPSA) is 47.4 Å². The Kier molecular flexibility index (Phi) is 5.84. The molecule has 0 saturated carbocycles. The van der Waals surface area contributed by atoms with Crippen LogP contribution in [-0.4, -0.2) is 40.1 Å². The highest BCUT2D eigenvalue weighted by Crippen LogP contribution is 2.30. The zero-order chi connectivity index (χ0) is 20.2. The van der Waals surface area contributed by atoms with Gasteiger partial charge in [-0.2, -0.15) is 0 Å². The number of imidazole rings is 1. The Labute approximate surface area is 172 Å². The van der Waals surface area contributed by atoms with E-state index in [1.807, 2.05) is 35.2 Å². The van der Waals surface area contributed by atoms with Crippen LogP contribution in [0.25, 0.3) is 11.0 Å². The van der Waals surface area contributed by atoms with Crippen molar-refractivity contribution in [2.45, 2.75) is 45.6 Å². The Morgan fingerprint density at radius 1 is 1.10 bits per heavy atom. The lowest BCUT2D eigenvalue weighted by Crippen LogP contribution is -2.26. The van der Waals surface area contributed by atoms with Crippen LogP contribution in [0.3, 0.4) is 0 Å². The second-order valence-corrected chi connectivity index (χ2v) is 7.87. The average Bonchev–Trinajstić information content (AvgIpc) is 3.28. The van der Waals surface area contributed by atoms with E-state index in [1.54, 1.807) is 0 Å². The first kappa shape index (κ1) is 19.5. The summed E-state index contributed by atoms with van der Waals surface area (Å²) in [4.78, 5) is 19.4. The number of hydrogen-bond acceptors (Lipinski definition) is 3. The van der Waals surface area contributed by atoms with E-state index in [-0.39, 0.29) is 11.8 Å². The number of fused-ring (bicyclic) bond motifs is 1. The number of para-hydroxylation sites is 2. The van der Waals surface area contributed by atoms with E-state index in [4.69, 9.17) is 9.72 Å². The van der Waals surface area contributed by atoms with E-state index in [0.29, 0.717) is 19.6 Å². The van der Waals surface area contributed by atoms with E-state index in [0.717, 1.165) is 48.5 Å². The van der Waals surface area contributed by atoms with Crippen LogP contribution in [0.1, 0.15) is 43.5 Å². The van der Waals surface area contributed by atoms with Crippen LogP contribution in [0.4, 0.5) is 0 Å². The molecule has 1 saturated heterocycles. The number of carbonyl (C=O) groups excluding carboxylic acids is 1. The second-order valence-electron chi connectivity index (χ2n) is 7.87. The van der Waals surface area contributed by atoms with Crippen molar-refractivity contribution < 1.29 is 9.53 Å². The quantitative estimate of drug-likeness (QED) is 0.566. The van der Waals surface area contributed by atoms with Gasteiger partial charge in [-0.15, -0.1) is 0 Å². The van der Waals surface area contributed by atoms with Gasteiger partial charge in [-0.3, -0.25) is 4.79 Å². The van der Waals surface area contributed by atoms with Crippen LogP contribution < -0.4 is 4.74 Å². The third-order valence-corrected chi connectivity index (χ3v) is 5.65. The molecule has 1 aromatic heterocycles. The highest BCUT2D eigenvalue weighted by atomic mass is 16.5. The van der Waals surface area contributed by atoms with Gasteiger partial charge in [0.1, 0.15) is 18.2 Å². The molecule has 5 nitrogen and oxygen atoms in total. The Hall–Kier alpha value is -2.82. The maximum atomic E-state index is 12.5. The molecular weight excluding hydrogens is 362 g/mol. The van der Waals surface area contributed by atoms with E-state index in [2.05, 4.69) is 36.6 Å². The summed E-state index contributed by atoms with van der Waals surface area (Å²) in [5, 5.41) is 0. The maximum Gasteiger partial charge on any atom is 0.223 e. The summed E-state index contributed by atoms with van der Waals surface area (Å²) < 4.78 is 8.21. The predicted molar refractivity (Wildman–Crippen MR) is 115 cm³/mol. The monoisotopic (exact) mass is 391 g/mol. The first-order valence-electron chi connectivity index (χ1n) is 10.6. The zero-order valence-electron chi connectivity index (χ0n) is 17.3. The number of rotatable bonds is 8. The summed E-state index contributed by atoms with van der Waals surface area (Å²) in [5.74, 6) is 2.28. The fourth-order valence-electron chi connectivity index (χ4n) is 4.04. The summed E-state index contributed by atoms with van der Waals surface area (Å²) in [6.45, 7) is 7.12. The van der Waals surface area contributed by atoms with Gasteiger partial charge < -0.3 is 14.2 Å². The molecular formula is C24H29N3O2. The lowest BCUT2D eigenvalue weighted by molar-refractivity contribution is -0.127. The SMILES string of the molecule is CCCCN1CC(c2nc3ccccc3n2CCOc2ccc(C)cc2)CC1=O. The minimum atomic E-state index is 0.145. The summed E-state index contributed by atoms with van der Waals surface area (Å²) in [7, 11) is 0. The number of unbranched alkanes of at least 4 members (excludes halogenated alkanes) is 1. The molecule has 1 aliphatic rings. The van der Waals surface area contributed by atoms with Crippen molar-refractivity contribution in [2.75, 3.05) is 19.7 Å². The van der Waals surface area contributed by atoms with Crippen molar-refractivity contribution in [3.63, 3.8) is 0 Å². The molecule has 5 heteroatoms. The summed E-state index contributed by atoms with van der Waals surface area (Å²) >= 11 is 0. The molecule has 1 fully saturated rings. The minimum absolute atomic E-state index is 0.145. The molecule has 1 amide bonds. The highest BCUT2D eigenvalue weighted by molar-refractivity contribution is 5.80. The molecule has 152 valence electrons. The number of hydrogen-bond donors (Lipinski definition) is 0. The van der Waals surface area contributed by atoms with Gasteiger partial charge in [-0.05, 0) is 37.6 Å². The molecule has 0 radical (unpaired) electrons. The number of carbonyl (C=O) groups is 1. The molecule has 0 spiro atoms. The maximum absolute atomic E-state index is 12.5. The third kappa shape index (κ3) is 4.29. The van der Waals surface area contributed by atoms with Crippen LogP contribution >= 0.6 is 0 Å². The molecule has 0 bridgehead atoms. The average molecular weight is 392 g/mol. The van der Waals surface area contributed by atoms with Crippen LogP contribution in [0.15, 0.2) is 48.5 Å². The number of aryl methyl sites for hydroxylation is 1. The molecule has 0 aliphatic carbocycles. The fourth-order valence-corrected chi connectivity index (χ4v) is 4.04. The van der Waals surface area contributed by atoms with Gasteiger partial charge in [0, 0.05) is 25.4 Å². The van der Waals surface area contributed by atoms with Crippen molar-refractivity contribution in [2.24, 2.45) is 0 Å². The molecule has 1 unspecified atom stereocenters. The Morgan fingerprint density at radius 2 is 1.90 bits per heavy atom. The molecule has 0 N–H and O–H groups in total. The lowest BCUT2D eigenvalue weighted by Gasteiger charge is -2.17. The lowest BCUT2D eigenvalue weighted by atomic mass is 10.1. The standard InChI is InChI=1S/C24H29N3O2/c1-3-4-13-26-17-19(16-23(26)28)24-25-21-7-5-6-8-22(21)27(24)14-15-29-20-11-9-18(2)10-12-20/h5-12,19H,3-4,13-17H2,1-2H3. The van der Waals surface area contributed by atoms with Crippen LogP contribution in [0.5, 0.6) is 5.75 Å². The van der Waals surface area contributed by atoms with Crippen molar-refractivity contribution in [3.8, 4) is 5.75 Å². The smallest absolute Gasteiger partial charge is 0.223 e. The van der Waals surface area contributed by atoms with Gasteiger partial charge >= 0.3 is 0 Å². The van der Waals surface area contributed by atoms with Crippen molar-refractivity contribution in [1.82, 2.24) is 14.5 Å². The number of benzene rings is 2. The number of nitrogens with zero attached hydrogens (tertiary/aromatic N) is 3. The molecule has 1 aliphatic heterocycles. The summed E-state index contributed by atoms with van der Waals surface area (Å²) in [6.07, 6.45) is 2.70. The molecule has 29 heavy (non-hydrogen) atoms. The number of amides is 1. The van der Waals surface area contributed by atoms with Crippen molar-refractivity contribution >= 4 is 16.9 Å². The summed E-state index contributed by atoms with van der Waals surface area (Å²) in [5.41, 5.74) is 3.31. The van der Waals surface area contributed by atoms with E-state index in [9.17, 15) is 4.79 Å². The first-order chi connectivity index (χ1) is 14.2. The molecule has 2 heterocycles. The normalized spacial score (nSPS) is 16.7. The number of ether oxygens (including phenoxy) is 1. The van der Waals surface area contributed by atoms with Gasteiger partial charge in [0.25, 0.3) is 0 Å². The molecule has 3 aromatic rings. The van der Waals surface area contributed by atoms with E-state index >= 15 is 0 Å². The van der Waals surface area contributed by atoms with Crippen molar-refractivity contribution in [3.05, 3.63) is 59.9 Å². The van der Waals surface area contributed by atoms with E-state index in [1.165, 1.54) is 5.56 Å². The van der Waals surface area contributed by atoms with Gasteiger partial charge in [0.05, 0.1) is 17.6 Å². The Bertz CT molecular complexity index is 977. The van der Waals surface area contributed by atoms with Gasteiger partial charge in [-0.1, -0.05) is 43.2 Å². The fraction of sp³-hybridized carbons (Fsp3) is 0.417. The predicted octanol–water partition coefficient (Wildman–Crippen LogP) is 4.54. The van der Waals surface area contributed by atoms with Crippen LogP contribution in [0, 0.1) is 6.92 Å². The van der Waals surface area contributed by atoms with Crippen LogP contribution in [-0.2, 0) is 11.3 Å². The molecule has 4 rings (SSSR count). The highest BCUT2D eigenvalue weighted by Gasteiger charge is 2.33. The van der Waals surface area contributed by atoms with Gasteiger partial charge in [-0.25, -0.2) is 4.98 Å². The zero-order valence-corrected chi connectivity index (χ0v) is 17.3. The van der Waals surface area contributed by atoms with Gasteiger partial charge in [0.15, 0.2) is 0 Å². The Balaban J connectivity index is 1.53. The number of aromatic nitrogens is 2. The molecule has 2 aromatic carbocycles. The van der Waals surface area contributed by atoms with Crippen molar-refractivity contribution in [1.29, 1.82) is 0 Å².